The molecule has 3 heteroatoms. The summed E-state index contributed by atoms with van der Waals surface area (Å²) in [6.07, 6.45) is 6.74. The molecule has 0 N–H and O–H groups in total. The molecule has 0 aromatic rings. The Morgan fingerprint density at radius 3 is 2.64 bits per heavy atom. The lowest BCUT2D eigenvalue weighted by Crippen LogP contribution is -2.36. The topological polar surface area (TPSA) is 26.3 Å². The van der Waals surface area contributed by atoms with Crippen molar-refractivity contribution in [2.75, 3.05) is 12.4 Å². The van der Waals surface area contributed by atoms with Crippen molar-refractivity contribution in [2.45, 2.75) is 49.9 Å². The highest BCUT2D eigenvalue weighted by molar-refractivity contribution is 8.00. The van der Waals surface area contributed by atoms with Gasteiger partial charge < -0.3 is 4.74 Å². The van der Waals surface area contributed by atoms with E-state index in [1.54, 1.807) is 0 Å². The highest BCUT2D eigenvalue weighted by Gasteiger charge is 2.30. The Hall–Kier alpha value is -0.0200. The number of hydrogen-bond donors (Lipinski definition) is 0. The maximum absolute atomic E-state index is 12.0. The minimum Gasteiger partial charge on any atom is -0.370 e. The monoisotopic (exact) mass is 214 g/mol. The molecule has 0 spiro atoms. The zero-order valence-electron chi connectivity index (χ0n) is 8.54. The third-order valence-corrected chi connectivity index (χ3v) is 4.39. The van der Waals surface area contributed by atoms with Crippen LogP contribution in [0.3, 0.4) is 0 Å². The second-order valence-corrected chi connectivity index (χ2v) is 5.42. The van der Waals surface area contributed by atoms with Gasteiger partial charge in [0.2, 0.25) is 0 Å². The van der Waals surface area contributed by atoms with Crippen LogP contribution in [0.2, 0.25) is 0 Å². The second-order valence-electron chi connectivity index (χ2n) is 4.11. The summed E-state index contributed by atoms with van der Waals surface area (Å²) in [5.41, 5.74) is 0. The van der Waals surface area contributed by atoms with Gasteiger partial charge in [-0.15, -0.1) is 0 Å². The molecule has 2 unspecified atom stereocenters. The van der Waals surface area contributed by atoms with Gasteiger partial charge in [-0.3, -0.25) is 4.79 Å². The molecule has 2 aliphatic rings. The molecule has 2 heterocycles. The van der Waals surface area contributed by atoms with Crippen molar-refractivity contribution in [3.63, 3.8) is 0 Å². The van der Waals surface area contributed by atoms with Gasteiger partial charge in [0, 0.05) is 6.61 Å². The SMILES string of the molecule is O=C(C1CCCCO1)C1CCCCS1. The Balaban J connectivity index is 1.85. The molecule has 14 heavy (non-hydrogen) atoms. The Morgan fingerprint density at radius 1 is 1.14 bits per heavy atom. The largest absolute Gasteiger partial charge is 0.370 e. The Kier molecular flexibility index (Phi) is 3.88. The molecule has 0 aromatic carbocycles. The predicted octanol–water partition coefficient (Wildman–Crippen LogP) is 2.41. The fourth-order valence-electron chi connectivity index (χ4n) is 2.14. The number of ether oxygens (including phenoxy) is 1. The number of rotatable bonds is 2. The van der Waals surface area contributed by atoms with Crippen molar-refractivity contribution < 1.29 is 9.53 Å². The zero-order chi connectivity index (χ0) is 9.80. The molecule has 0 bridgehead atoms. The summed E-state index contributed by atoms with van der Waals surface area (Å²) in [6.45, 7) is 0.786. The first kappa shape index (κ1) is 10.5. The standard InChI is InChI=1S/C11H18O2S/c12-11(9-5-1-3-7-13-9)10-6-2-4-8-14-10/h9-10H,1-8H2. The molecule has 2 atom stereocenters. The Bertz CT molecular complexity index is 173. The van der Waals surface area contributed by atoms with Gasteiger partial charge in [-0.05, 0) is 37.9 Å². The van der Waals surface area contributed by atoms with Crippen LogP contribution in [0.25, 0.3) is 0 Å². The van der Waals surface area contributed by atoms with Crippen molar-refractivity contribution >= 4 is 17.5 Å². The van der Waals surface area contributed by atoms with Crippen LogP contribution in [0, 0.1) is 0 Å². The third kappa shape index (κ3) is 2.51. The van der Waals surface area contributed by atoms with E-state index in [0.717, 1.165) is 38.0 Å². The third-order valence-electron chi connectivity index (χ3n) is 2.99. The quantitative estimate of drug-likeness (QED) is 0.706. The number of ketones is 1. The van der Waals surface area contributed by atoms with Crippen LogP contribution in [-0.2, 0) is 9.53 Å². The van der Waals surface area contributed by atoms with Gasteiger partial charge in [-0.25, -0.2) is 0 Å². The van der Waals surface area contributed by atoms with E-state index in [1.807, 2.05) is 11.8 Å². The van der Waals surface area contributed by atoms with E-state index in [4.69, 9.17) is 4.74 Å². The maximum atomic E-state index is 12.0. The number of carbonyl (C=O) groups is 1. The van der Waals surface area contributed by atoms with Crippen molar-refractivity contribution in [3.05, 3.63) is 0 Å². The van der Waals surface area contributed by atoms with Crippen LogP contribution < -0.4 is 0 Å². The molecule has 2 nitrogen and oxygen atoms in total. The number of hydrogen-bond acceptors (Lipinski definition) is 3. The molecule has 2 rings (SSSR count). The first-order chi connectivity index (χ1) is 6.88. The van der Waals surface area contributed by atoms with Crippen LogP contribution in [0.5, 0.6) is 0 Å². The van der Waals surface area contributed by atoms with Crippen molar-refractivity contribution in [3.8, 4) is 0 Å². The van der Waals surface area contributed by atoms with Gasteiger partial charge in [0.1, 0.15) is 6.10 Å². The van der Waals surface area contributed by atoms with Crippen LogP contribution in [0.15, 0.2) is 0 Å². The van der Waals surface area contributed by atoms with E-state index in [9.17, 15) is 4.79 Å². The van der Waals surface area contributed by atoms with Gasteiger partial charge >= 0.3 is 0 Å². The van der Waals surface area contributed by atoms with E-state index >= 15 is 0 Å². The van der Waals surface area contributed by atoms with Gasteiger partial charge in [-0.2, -0.15) is 11.8 Å². The molecular weight excluding hydrogens is 196 g/mol. The first-order valence-electron chi connectivity index (χ1n) is 5.65. The van der Waals surface area contributed by atoms with E-state index in [-0.39, 0.29) is 11.4 Å². The van der Waals surface area contributed by atoms with Crippen LogP contribution >= 0.6 is 11.8 Å². The molecule has 0 aliphatic carbocycles. The fraction of sp³-hybridized carbons (Fsp3) is 0.909. The van der Waals surface area contributed by atoms with Crippen molar-refractivity contribution in [1.82, 2.24) is 0 Å². The summed E-state index contributed by atoms with van der Waals surface area (Å²) in [5, 5.41) is 0.242. The molecule has 0 radical (unpaired) electrons. The zero-order valence-corrected chi connectivity index (χ0v) is 9.35. The molecule has 0 amide bonds. The Morgan fingerprint density at radius 2 is 2.00 bits per heavy atom. The van der Waals surface area contributed by atoms with Crippen LogP contribution in [-0.4, -0.2) is 29.5 Å². The fourth-order valence-corrected chi connectivity index (χ4v) is 3.44. The van der Waals surface area contributed by atoms with Gasteiger partial charge in [0.15, 0.2) is 5.78 Å². The molecule has 2 aliphatic heterocycles. The summed E-state index contributed by atoms with van der Waals surface area (Å²) in [4.78, 5) is 12.0. The van der Waals surface area contributed by atoms with E-state index in [0.29, 0.717) is 5.78 Å². The highest BCUT2D eigenvalue weighted by Crippen LogP contribution is 2.28. The van der Waals surface area contributed by atoms with E-state index in [1.165, 1.54) is 12.8 Å². The molecule has 2 fully saturated rings. The molecule has 0 aromatic heterocycles. The molecule has 0 saturated carbocycles. The predicted molar refractivity (Wildman–Crippen MR) is 58.7 cm³/mol. The maximum Gasteiger partial charge on any atom is 0.174 e. The average Bonchev–Trinajstić information content (AvgIpc) is 2.30. The van der Waals surface area contributed by atoms with Crippen LogP contribution in [0.1, 0.15) is 38.5 Å². The molecule has 80 valence electrons. The lowest BCUT2D eigenvalue weighted by Gasteiger charge is -2.27. The normalized spacial score (nSPS) is 34.0. The lowest BCUT2D eigenvalue weighted by molar-refractivity contribution is -0.132. The van der Waals surface area contributed by atoms with Gasteiger partial charge in [0.25, 0.3) is 0 Å². The van der Waals surface area contributed by atoms with E-state index < -0.39 is 0 Å². The molecular formula is C11H18O2S. The van der Waals surface area contributed by atoms with Gasteiger partial charge in [-0.1, -0.05) is 6.42 Å². The second kappa shape index (κ2) is 5.17. The van der Waals surface area contributed by atoms with Gasteiger partial charge in [0.05, 0.1) is 5.25 Å². The summed E-state index contributed by atoms with van der Waals surface area (Å²) >= 11 is 1.84. The molecule has 2 saturated heterocycles. The number of Topliss-reactive ketones (excluding diaryl/α,β-unsaturated/α-hetero) is 1. The minimum atomic E-state index is -0.0700. The van der Waals surface area contributed by atoms with Crippen molar-refractivity contribution in [1.29, 1.82) is 0 Å². The smallest absolute Gasteiger partial charge is 0.174 e. The summed E-state index contributed by atoms with van der Waals surface area (Å²) < 4.78 is 5.53. The summed E-state index contributed by atoms with van der Waals surface area (Å²) in [7, 11) is 0. The minimum absolute atomic E-state index is 0.0700. The lowest BCUT2D eigenvalue weighted by atomic mass is 10.0. The number of thioether (sulfide) groups is 1. The Labute approximate surface area is 89.8 Å². The van der Waals surface area contributed by atoms with Crippen molar-refractivity contribution in [2.24, 2.45) is 0 Å². The first-order valence-corrected chi connectivity index (χ1v) is 6.70. The van der Waals surface area contributed by atoms with E-state index in [2.05, 4.69) is 0 Å². The van der Waals surface area contributed by atoms with Crippen LogP contribution in [0.4, 0.5) is 0 Å². The average molecular weight is 214 g/mol. The summed E-state index contributed by atoms with van der Waals surface area (Å²) in [6, 6.07) is 0. The summed E-state index contributed by atoms with van der Waals surface area (Å²) in [5.74, 6) is 1.53. The highest BCUT2D eigenvalue weighted by atomic mass is 32.2. The number of carbonyl (C=O) groups excluding carboxylic acids is 1.